The monoisotopic (exact) mass is 874 g/mol. The SMILES string of the molecule is CC1=C/[C@@H](C)C[C@]2(C)CC[C@H](O2)[C@]23CC[C@](CO)(C[C@H](O2)[C@@H]2O[C@@](C)(CC2=O)[C@@H](O)[C@H]2CC[C@@]4(CCC[C@@H](O4)[C@H](C)C(=O)O[C@H]4C[C@H]([C@]5(O)OCC[C@H](C)[C@@H]5O)O[C@H]4/C=C\1)O2)O3. The number of carbonyl (C=O) groups is 2. The van der Waals surface area contributed by atoms with Crippen molar-refractivity contribution in [2.24, 2.45) is 17.8 Å². The summed E-state index contributed by atoms with van der Waals surface area (Å²) in [6, 6.07) is 0. The first-order valence-electron chi connectivity index (χ1n) is 23.5. The van der Waals surface area contributed by atoms with E-state index >= 15 is 0 Å². The van der Waals surface area contributed by atoms with E-state index in [2.05, 4.69) is 19.9 Å². The standard InChI is InChI=1S/C47H70O15/c1-26-9-10-32-34(21-37(55-32)47(53)39(50)28(3)13-19-54-47)56-41(52)29(4)31-8-7-14-45(57-31)16-11-33(58-45)40(51)43(6)23-30(49)38(61-43)35-24-44(25-48)17-18-46(59-35,62-44)36-12-15-42(5,60-36)22-27(2)20-26/h9-10,20,27-29,31-40,48,50-51,53H,7-8,11-19,21-25H2,1-6H3/b10-9-,26-20-/t27-,28+,29+,31-,32+,33-,34+,35+,36+,37-,38-,39+,40+,42+,43+,44-,45-,46-,47+/m1/s1. The van der Waals surface area contributed by atoms with Gasteiger partial charge >= 0.3 is 5.97 Å². The Morgan fingerprint density at radius 2 is 1.60 bits per heavy atom. The van der Waals surface area contributed by atoms with Crippen LogP contribution in [0.3, 0.4) is 0 Å². The smallest absolute Gasteiger partial charge is 0.311 e. The summed E-state index contributed by atoms with van der Waals surface area (Å²) >= 11 is 0. The molecule has 8 saturated heterocycles. The lowest BCUT2D eigenvalue weighted by atomic mass is 9.87. The number of ether oxygens (including phenoxy) is 9. The first-order chi connectivity index (χ1) is 29.3. The third kappa shape index (κ3) is 8.09. The van der Waals surface area contributed by atoms with Gasteiger partial charge in [-0.1, -0.05) is 37.6 Å². The number of hydrogen-bond donors (Lipinski definition) is 4. The Hall–Kier alpha value is -1.86. The summed E-state index contributed by atoms with van der Waals surface area (Å²) in [6.45, 7) is 11.7. The molecule has 0 unspecified atom stereocenters. The summed E-state index contributed by atoms with van der Waals surface area (Å²) in [7, 11) is 0. The second-order valence-electron chi connectivity index (χ2n) is 21.2. The third-order valence-electron chi connectivity index (χ3n) is 16.0. The van der Waals surface area contributed by atoms with Crippen molar-refractivity contribution in [3.63, 3.8) is 0 Å². The van der Waals surface area contributed by atoms with Gasteiger partial charge in [0.2, 0.25) is 5.79 Å². The molecular weight excluding hydrogens is 805 g/mol. The van der Waals surface area contributed by atoms with Crippen LogP contribution in [-0.2, 0) is 52.2 Å². The van der Waals surface area contributed by atoms with E-state index in [9.17, 15) is 30.0 Å². The number of ketones is 1. The molecule has 348 valence electrons. The minimum atomic E-state index is -1.97. The molecule has 0 saturated carbocycles. The molecule has 9 aliphatic rings. The maximum atomic E-state index is 14.1. The summed E-state index contributed by atoms with van der Waals surface area (Å²) in [5.74, 6) is -5.63. The maximum Gasteiger partial charge on any atom is 0.311 e. The second kappa shape index (κ2) is 16.5. The van der Waals surface area contributed by atoms with E-state index in [0.29, 0.717) is 57.8 Å². The molecule has 15 nitrogen and oxygen atoms in total. The van der Waals surface area contributed by atoms with E-state index in [0.717, 1.165) is 18.4 Å². The van der Waals surface area contributed by atoms with Crippen molar-refractivity contribution in [1.29, 1.82) is 0 Å². The average molecular weight is 875 g/mol. The number of aliphatic hydroxyl groups is 4. The Morgan fingerprint density at radius 1 is 0.806 bits per heavy atom. The number of Topliss-reactive ketones (excluding diaryl/α,β-unsaturated/α-hetero) is 1. The van der Waals surface area contributed by atoms with Gasteiger partial charge in [-0.15, -0.1) is 0 Å². The molecule has 0 aromatic rings. The zero-order valence-corrected chi connectivity index (χ0v) is 37.3. The van der Waals surface area contributed by atoms with E-state index in [1.165, 1.54) is 0 Å². The van der Waals surface area contributed by atoms with Crippen LogP contribution in [0.1, 0.15) is 131 Å². The van der Waals surface area contributed by atoms with Crippen molar-refractivity contribution in [3.05, 3.63) is 23.8 Å². The summed E-state index contributed by atoms with van der Waals surface area (Å²) in [5.41, 5.74) is -1.73. The Bertz CT molecular complexity index is 1770. The van der Waals surface area contributed by atoms with Crippen molar-refractivity contribution in [2.75, 3.05) is 13.2 Å². The fourth-order valence-electron chi connectivity index (χ4n) is 12.5. The number of aliphatic hydroxyl groups excluding tert-OH is 3. The highest BCUT2D eigenvalue weighted by Gasteiger charge is 2.66. The number of fused-ring (bicyclic) bond motifs is 10. The van der Waals surface area contributed by atoms with Gasteiger partial charge in [0.15, 0.2) is 17.4 Å². The molecule has 9 rings (SSSR count). The average Bonchev–Trinajstić information content (AvgIpc) is 4.06. The lowest BCUT2D eigenvalue weighted by Gasteiger charge is -2.47. The van der Waals surface area contributed by atoms with Gasteiger partial charge in [-0.2, -0.15) is 0 Å². The number of hydrogen-bond acceptors (Lipinski definition) is 15. The molecule has 0 amide bonds. The fourth-order valence-corrected chi connectivity index (χ4v) is 12.5. The van der Waals surface area contributed by atoms with Crippen molar-refractivity contribution in [1.82, 2.24) is 0 Å². The van der Waals surface area contributed by atoms with Crippen LogP contribution in [-0.4, -0.2) is 141 Å². The number of esters is 1. The normalized spacial score (nSPS) is 55.0. The molecule has 0 aromatic carbocycles. The molecule has 62 heavy (non-hydrogen) atoms. The van der Waals surface area contributed by atoms with Gasteiger partial charge in [-0.05, 0) is 90.9 Å². The molecule has 8 fully saturated rings. The van der Waals surface area contributed by atoms with Gasteiger partial charge in [0.05, 0.1) is 48.6 Å². The van der Waals surface area contributed by atoms with E-state index in [1.54, 1.807) is 13.8 Å². The van der Waals surface area contributed by atoms with Gasteiger partial charge in [0.1, 0.15) is 48.3 Å². The molecule has 2 spiro atoms. The van der Waals surface area contributed by atoms with Crippen LogP contribution in [0.2, 0.25) is 0 Å². The van der Waals surface area contributed by atoms with Crippen LogP contribution in [0.15, 0.2) is 23.8 Å². The van der Waals surface area contributed by atoms with Crippen LogP contribution < -0.4 is 0 Å². The quantitative estimate of drug-likeness (QED) is 0.288. The maximum absolute atomic E-state index is 14.1. The molecule has 4 N–H and O–H groups in total. The Labute approximate surface area is 365 Å². The predicted octanol–water partition coefficient (Wildman–Crippen LogP) is 4.23. The van der Waals surface area contributed by atoms with Crippen molar-refractivity contribution >= 4 is 11.8 Å². The molecule has 0 aromatic heterocycles. The molecule has 9 aliphatic heterocycles. The van der Waals surface area contributed by atoms with Crippen molar-refractivity contribution < 1.29 is 72.6 Å². The third-order valence-corrected chi connectivity index (χ3v) is 16.0. The molecule has 19 atom stereocenters. The first-order valence-corrected chi connectivity index (χ1v) is 23.5. The van der Waals surface area contributed by atoms with E-state index in [4.69, 9.17) is 42.6 Å². The Balaban J connectivity index is 1.01. The number of allylic oxidation sites excluding steroid dienone is 3. The molecule has 10 bridgehead atoms. The van der Waals surface area contributed by atoms with E-state index in [-0.39, 0.29) is 50.1 Å². The topological polar surface area (TPSA) is 198 Å². The van der Waals surface area contributed by atoms with Crippen LogP contribution in [0.5, 0.6) is 0 Å². The van der Waals surface area contributed by atoms with Crippen molar-refractivity contribution in [2.45, 2.75) is 227 Å². The Kier molecular flexibility index (Phi) is 12.0. The zero-order chi connectivity index (χ0) is 44.0. The molecule has 0 radical (unpaired) electrons. The summed E-state index contributed by atoms with van der Waals surface area (Å²) in [4.78, 5) is 28.0. The van der Waals surface area contributed by atoms with Crippen molar-refractivity contribution in [3.8, 4) is 0 Å². The zero-order valence-electron chi connectivity index (χ0n) is 37.3. The lowest BCUT2D eigenvalue weighted by molar-refractivity contribution is -0.365. The summed E-state index contributed by atoms with van der Waals surface area (Å²) < 4.78 is 58.8. The first kappa shape index (κ1) is 45.3. The van der Waals surface area contributed by atoms with Gasteiger partial charge in [-0.25, -0.2) is 0 Å². The van der Waals surface area contributed by atoms with Crippen LogP contribution in [0.25, 0.3) is 0 Å². The number of rotatable bonds is 2. The number of carbonyl (C=O) groups excluding carboxylic acids is 2. The summed E-state index contributed by atoms with van der Waals surface area (Å²) in [6.07, 6.45) is 4.76. The van der Waals surface area contributed by atoms with Gasteiger partial charge in [-0.3, -0.25) is 9.59 Å². The second-order valence-corrected chi connectivity index (χ2v) is 21.2. The van der Waals surface area contributed by atoms with Crippen LogP contribution >= 0.6 is 0 Å². The van der Waals surface area contributed by atoms with Gasteiger partial charge in [0, 0.05) is 38.5 Å². The van der Waals surface area contributed by atoms with Crippen LogP contribution in [0, 0.1) is 17.8 Å². The fraction of sp³-hybridized carbons (Fsp3) is 0.872. The molecule has 9 heterocycles. The Morgan fingerprint density at radius 3 is 2.39 bits per heavy atom. The predicted molar refractivity (Wildman–Crippen MR) is 219 cm³/mol. The summed E-state index contributed by atoms with van der Waals surface area (Å²) in [5, 5.41) is 45.5. The van der Waals surface area contributed by atoms with Gasteiger partial charge < -0.3 is 63.1 Å². The van der Waals surface area contributed by atoms with Crippen LogP contribution in [0.4, 0.5) is 0 Å². The lowest BCUT2D eigenvalue weighted by Crippen LogP contribution is -2.59. The minimum absolute atomic E-state index is 0.0379. The highest BCUT2D eigenvalue weighted by molar-refractivity contribution is 5.86. The van der Waals surface area contributed by atoms with E-state index < -0.39 is 107 Å². The highest BCUT2D eigenvalue weighted by atomic mass is 16.8. The largest absolute Gasteiger partial charge is 0.459 e. The highest BCUT2D eigenvalue weighted by Crippen LogP contribution is 2.55. The van der Waals surface area contributed by atoms with E-state index in [1.807, 2.05) is 26.0 Å². The molecule has 0 aliphatic carbocycles. The molecule has 15 heteroatoms. The molecular formula is C47H70O15. The van der Waals surface area contributed by atoms with Gasteiger partial charge in [0.25, 0.3) is 0 Å². The minimum Gasteiger partial charge on any atom is -0.459 e.